The van der Waals surface area contributed by atoms with Crippen molar-refractivity contribution in [1.82, 2.24) is 20.4 Å². The van der Waals surface area contributed by atoms with Gasteiger partial charge in [0.25, 0.3) is 0 Å². The lowest BCUT2D eigenvalue weighted by Crippen LogP contribution is -2.46. The minimum absolute atomic E-state index is 0.0636. The molecule has 3 aromatic rings. The summed E-state index contributed by atoms with van der Waals surface area (Å²) in [6.45, 7) is 8.25. The zero-order chi connectivity index (χ0) is 24.6. The van der Waals surface area contributed by atoms with Crippen LogP contribution in [-0.4, -0.2) is 39.6 Å². The molecule has 0 bridgehead atoms. The highest BCUT2D eigenvalue weighted by Gasteiger charge is 2.36. The van der Waals surface area contributed by atoms with Crippen molar-refractivity contribution in [3.8, 4) is 17.1 Å². The number of rotatable bonds is 5. The Morgan fingerprint density at radius 3 is 2.91 bits per heavy atom. The first-order chi connectivity index (χ1) is 16.8. The molecule has 2 aliphatic rings. The van der Waals surface area contributed by atoms with Crippen LogP contribution in [0.3, 0.4) is 0 Å². The molecule has 1 fully saturated rings. The van der Waals surface area contributed by atoms with E-state index in [2.05, 4.69) is 59.3 Å². The van der Waals surface area contributed by atoms with Crippen LogP contribution in [0.4, 0.5) is 0 Å². The van der Waals surface area contributed by atoms with Crippen LogP contribution < -0.4 is 10.1 Å². The molecule has 1 N–H and O–H groups in total. The molecule has 1 amide bonds. The van der Waals surface area contributed by atoms with Crippen LogP contribution >= 0.6 is 11.6 Å². The normalized spacial score (nSPS) is 21.7. The molecule has 35 heavy (non-hydrogen) atoms. The minimum atomic E-state index is -0.339. The van der Waals surface area contributed by atoms with Crippen LogP contribution in [0.2, 0.25) is 5.02 Å². The number of piperidine rings is 1. The van der Waals surface area contributed by atoms with Crippen molar-refractivity contribution in [3.05, 3.63) is 64.5 Å². The fourth-order valence-electron chi connectivity index (χ4n) is 5.05. The lowest BCUT2D eigenvalue weighted by molar-refractivity contribution is -0.128. The van der Waals surface area contributed by atoms with Crippen molar-refractivity contribution in [2.75, 3.05) is 13.1 Å². The number of aryl methyl sites for hydroxylation is 1. The van der Waals surface area contributed by atoms with Crippen LogP contribution in [0.15, 0.2) is 47.0 Å². The molecule has 3 heterocycles. The SMILES string of the molecule is Cc1ccc2c(c1)OC(C)(C)CC2NC(=O)C1CCCN(Cc2nc(-c3ccccc3Cl)no2)C1. The number of ether oxygens (including phenoxy) is 1. The Morgan fingerprint density at radius 2 is 2.09 bits per heavy atom. The zero-order valence-corrected chi connectivity index (χ0v) is 21.1. The largest absolute Gasteiger partial charge is 0.487 e. The number of carbonyl (C=O) groups excluding carboxylic acids is 1. The minimum Gasteiger partial charge on any atom is -0.487 e. The van der Waals surface area contributed by atoms with Gasteiger partial charge in [-0.15, -0.1) is 0 Å². The van der Waals surface area contributed by atoms with Crippen LogP contribution in [0.1, 0.15) is 56.2 Å². The Morgan fingerprint density at radius 1 is 1.26 bits per heavy atom. The summed E-state index contributed by atoms with van der Waals surface area (Å²) in [6.07, 6.45) is 2.54. The van der Waals surface area contributed by atoms with Crippen molar-refractivity contribution < 1.29 is 14.1 Å². The second-order valence-electron chi connectivity index (χ2n) is 10.2. The van der Waals surface area contributed by atoms with E-state index in [9.17, 15) is 4.79 Å². The van der Waals surface area contributed by atoms with Gasteiger partial charge in [0.1, 0.15) is 11.4 Å². The van der Waals surface area contributed by atoms with Crippen LogP contribution in [0.25, 0.3) is 11.4 Å². The molecule has 5 rings (SSSR count). The molecular weight excluding hydrogens is 464 g/mol. The quantitative estimate of drug-likeness (QED) is 0.516. The first kappa shape index (κ1) is 23.8. The van der Waals surface area contributed by atoms with Crippen molar-refractivity contribution in [1.29, 1.82) is 0 Å². The van der Waals surface area contributed by atoms with Gasteiger partial charge in [0, 0.05) is 24.1 Å². The standard InChI is InChI=1S/C27H31ClN4O3/c1-17-10-11-20-22(14-27(2,3)34-23(20)13-17)29-26(33)18-7-6-12-32(15-18)16-24-30-25(31-35-24)19-8-4-5-9-21(19)28/h4-5,8-11,13,18,22H,6-7,12,14-16H2,1-3H3,(H,29,33). The lowest BCUT2D eigenvalue weighted by atomic mass is 9.88. The van der Waals surface area contributed by atoms with Crippen molar-refractivity contribution in [3.63, 3.8) is 0 Å². The van der Waals surface area contributed by atoms with Crippen LogP contribution in [-0.2, 0) is 11.3 Å². The van der Waals surface area contributed by atoms with Crippen LogP contribution in [0.5, 0.6) is 5.75 Å². The fourth-order valence-corrected chi connectivity index (χ4v) is 5.27. The Labute approximate surface area is 210 Å². The Hall–Kier alpha value is -2.90. The van der Waals surface area contributed by atoms with Gasteiger partial charge >= 0.3 is 0 Å². The maximum atomic E-state index is 13.3. The third-order valence-corrected chi connectivity index (χ3v) is 7.09. The van der Waals surface area contributed by atoms with E-state index in [1.54, 1.807) is 6.07 Å². The summed E-state index contributed by atoms with van der Waals surface area (Å²) in [7, 11) is 0. The van der Waals surface area contributed by atoms with E-state index in [-0.39, 0.29) is 23.5 Å². The van der Waals surface area contributed by atoms with E-state index in [1.165, 1.54) is 0 Å². The maximum Gasteiger partial charge on any atom is 0.241 e. The summed E-state index contributed by atoms with van der Waals surface area (Å²) in [4.78, 5) is 20.1. The number of hydrogen-bond acceptors (Lipinski definition) is 6. The molecule has 0 saturated carbocycles. The number of halogens is 1. The number of nitrogens with one attached hydrogen (secondary N) is 1. The maximum absolute atomic E-state index is 13.3. The van der Waals surface area contributed by atoms with Gasteiger partial charge in [-0.2, -0.15) is 4.98 Å². The molecule has 8 heteroatoms. The van der Waals surface area contributed by atoms with Gasteiger partial charge < -0.3 is 14.6 Å². The summed E-state index contributed by atoms with van der Waals surface area (Å²) in [5.41, 5.74) is 2.60. The molecule has 0 aliphatic carbocycles. The summed E-state index contributed by atoms with van der Waals surface area (Å²) < 4.78 is 11.7. The van der Waals surface area contributed by atoms with Gasteiger partial charge in [-0.1, -0.05) is 41.0 Å². The molecule has 2 unspecified atom stereocenters. The number of aromatic nitrogens is 2. The molecule has 0 spiro atoms. The van der Waals surface area contributed by atoms with Gasteiger partial charge in [0.15, 0.2) is 0 Å². The molecule has 1 saturated heterocycles. The molecule has 2 aromatic carbocycles. The number of fused-ring (bicyclic) bond motifs is 1. The molecule has 0 radical (unpaired) electrons. The van der Waals surface area contributed by atoms with Crippen molar-refractivity contribution in [2.45, 2.75) is 58.2 Å². The van der Waals surface area contributed by atoms with E-state index in [0.29, 0.717) is 29.8 Å². The van der Waals surface area contributed by atoms with Crippen molar-refractivity contribution in [2.24, 2.45) is 5.92 Å². The molecule has 7 nitrogen and oxygen atoms in total. The lowest BCUT2D eigenvalue weighted by Gasteiger charge is -2.39. The Kier molecular flexibility index (Phi) is 6.55. The van der Waals surface area contributed by atoms with Crippen molar-refractivity contribution >= 4 is 17.5 Å². The molecular formula is C27H31ClN4O3. The number of likely N-dealkylation sites (tertiary alicyclic amines) is 1. The average molecular weight is 495 g/mol. The fraction of sp³-hybridized carbons (Fsp3) is 0.444. The third-order valence-electron chi connectivity index (χ3n) is 6.76. The summed E-state index contributed by atoms with van der Waals surface area (Å²) in [5.74, 6) is 1.87. The molecule has 184 valence electrons. The topological polar surface area (TPSA) is 80.5 Å². The van der Waals surface area contributed by atoms with Gasteiger partial charge in [-0.25, -0.2) is 0 Å². The third kappa shape index (κ3) is 5.36. The second-order valence-corrected chi connectivity index (χ2v) is 10.6. The highest BCUT2D eigenvalue weighted by Crippen LogP contribution is 2.40. The van der Waals surface area contributed by atoms with E-state index < -0.39 is 0 Å². The number of amides is 1. The Balaban J connectivity index is 1.24. The van der Waals surface area contributed by atoms with Gasteiger partial charge in [0.05, 0.1) is 23.5 Å². The molecule has 1 aromatic heterocycles. The smallest absolute Gasteiger partial charge is 0.241 e. The number of carbonyl (C=O) groups is 1. The molecule has 2 atom stereocenters. The zero-order valence-electron chi connectivity index (χ0n) is 20.4. The highest BCUT2D eigenvalue weighted by molar-refractivity contribution is 6.33. The number of benzene rings is 2. The average Bonchev–Trinajstić information content (AvgIpc) is 3.26. The summed E-state index contributed by atoms with van der Waals surface area (Å²) in [6, 6.07) is 13.6. The van der Waals surface area contributed by atoms with E-state index in [0.717, 1.165) is 48.2 Å². The van der Waals surface area contributed by atoms with Gasteiger partial charge in [-0.05, 0) is 63.9 Å². The second kappa shape index (κ2) is 9.63. The number of nitrogens with zero attached hydrogens (tertiary/aromatic N) is 3. The first-order valence-electron chi connectivity index (χ1n) is 12.2. The first-order valence-corrected chi connectivity index (χ1v) is 12.5. The van der Waals surface area contributed by atoms with Gasteiger partial charge in [0.2, 0.25) is 17.6 Å². The van der Waals surface area contributed by atoms with E-state index >= 15 is 0 Å². The summed E-state index contributed by atoms with van der Waals surface area (Å²) >= 11 is 6.27. The molecule has 2 aliphatic heterocycles. The van der Waals surface area contributed by atoms with E-state index in [1.807, 2.05) is 18.2 Å². The van der Waals surface area contributed by atoms with Crippen LogP contribution in [0, 0.1) is 12.8 Å². The monoisotopic (exact) mass is 494 g/mol. The highest BCUT2D eigenvalue weighted by atomic mass is 35.5. The Bertz CT molecular complexity index is 1220. The predicted molar refractivity (Wildman–Crippen MR) is 134 cm³/mol. The number of hydrogen-bond donors (Lipinski definition) is 1. The summed E-state index contributed by atoms with van der Waals surface area (Å²) in [5, 5.41) is 8.01. The van der Waals surface area contributed by atoms with Gasteiger partial charge in [-0.3, -0.25) is 9.69 Å². The predicted octanol–water partition coefficient (Wildman–Crippen LogP) is 5.33. The van der Waals surface area contributed by atoms with E-state index in [4.69, 9.17) is 20.9 Å².